The van der Waals surface area contributed by atoms with Crippen LogP contribution >= 0.6 is 23.2 Å². The third-order valence-corrected chi connectivity index (χ3v) is 5.65. The molecule has 2 aromatic carbocycles. The lowest BCUT2D eigenvalue weighted by atomic mass is 10.2. The van der Waals surface area contributed by atoms with E-state index in [1.165, 1.54) is 5.69 Å². The van der Waals surface area contributed by atoms with E-state index in [4.69, 9.17) is 23.2 Å². The van der Waals surface area contributed by atoms with Crippen molar-refractivity contribution in [1.82, 2.24) is 10.2 Å². The van der Waals surface area contributed by atoms with E-state index in [9.17, 15) is 9.59 Å². The van der Waals surface area contributed by atoms with E-state index < -0.39 is 6.04 Å². The number of guanidine groups is 1. The summed E-state index contributed by atoms with van der Waals surface area (Å²) in [6, 6.07) is 14.3. The van der Waals surface area contributed by atoms with E-state index in [1.807, 2.05) is 23.1 Å². The van der Waals surface area contributed by atoms with Gasteiger partial charge in [0.05, 0.1) is 17.1 Å². The SMILES string of the molecule is O=C(CC1N=C(N2CCN(c3ccccc3)CC2)NC1=O)Nc1ccc(Cl)cc1Cl. The number of anilines is 2. The third kappa shape index (κ3) is 4.68. The predicted octanol–water partition coefficient (Wildman–Crippen LogP) is 3.00. The first-order chi connectivity index (χ1) is 14.5. The first-order valence-corrected chi connectivity index (χ1v) is 10.4. The van der Waals surface area contributed by atoms with E-state index in [2.05, 4.69) is 32.7 Å². The number of nitrogens with one attached hydrogen (secondary N) is 2. The lowest BCUT2D eigenvalue weighted by Gasteiger charge is -2.36. The quantitative estimate of drug-likeness (QED) is 0.757. The standard InChI is InChI=1S/C21H21Cl2N5O2/c22-14-6-7-17(16(23)12-14)24-19(29)13-18-20(30)26-21(25-18)28-10-8-27(9-11-28)15-4-2-1-3-5-15/h1-7,12,18H,8-11,13H2,(H,24,29)(H,25,26,30). The molecule has 0 aliphatic carbocycles. The number of piperazine rings is 1. The molecule has 1 saturated heterocycles. The molecule has 2 heterocycles. The van der Waals surface area contributed by atoms with E-state index in [-0.39, 0.29) is 18.2 Å². The lowest BCUT2D eigenvalue weighted by molar-refractivity contribution is -0.123. The second-order valence-corrected chi connectivity index (χ2v) is 7.99. The Morgan fingerprint density at radius 3 is 2.47 bits per heavy atom. The molecule has 0 saturated carbocycles. The summed E-state index contributed by atoms with van der Waals surface area (Å²) in [4.78, 5) is 33.5. The first-order valence-electron chi connectivity index (χ1n) is 9.68. The Balaban J connectivity index is 1.33. The Morgan fingerprint density at radius 1 is 1.07 bits per heavy atom. The molecule has 2 N–H and O–H groups in total. The molecule has 2 aromatic rings. The second-order valence-electron chi connectivity index (χ2n) is 7.14. The van der Waals surface area contributed by atoms with Crippen molar-refractivity contribution < 1.29 is 9.59 Å². The molecule has 1 unspecified atom stereocenters. The van der Waals surface area contributed by atoms with Crippen LogP contribution in [0.1, 0.15) is 6.42 Å². The highest BCUT2D eigenvalue weighted by atomic mass is 35.5. The van der Waals surface area contributed by atoms with Gasteiger partial charge in [-0.05, 0) is 30.3 Å². The molecular weight excluding hydrogens is 425 g/mol. The van der Waals surface area contributed by atoms with Crippen LogP contribution in [0.4, 0.5) is 11.4 Å². The van der Waals surface area contributed by atoms with Gasteiger partial charge in [-0.3, -0.25) is 14.9 Å². The van der Waals surface area contributed by atoms with Gasteiger partial charge in [0.1, 0.15) is 6.04 Å². The maximum absolute atomic E-state index is 12.4. The van der Waals surface area contributed by atoms with Crippen molar-refractivity contribution in [3.05, 3.63) is 58.6 Å². The first kappa shape index (κ1) is 20.5. The maximum atomic E-state index is 12.4. The van der Waals surface area contributed by atoms with E-state index >= 15 is 0 Å². The zero-order chi connectivity index (χ0) is 21.1. The molecule has 30 heavy (non-hydrogen) atoms. The van der Waals surface area contributed by atoms with Crippen LogP contribution in [-0.2, 0) is 9.59 Å². The summed E-state index contributed by atoms with van der Waals surface area (Å²) in [5, 5.41) is 6.34. The molecule has 0 bridgehead atoms. The van der Waals surface area contributed by atoms with Crippen LogP contribution in [0.2, 0.25) is 10.0 Å². The average Bonchev–Trinajstić information content (AvgIpc) is 3.11. The minimum atomic E-state index is -0.752. The highest BCUT2D eigenvalue weighted by molar-refractivity contribution is 6.36. The Kier molecular flexibility index (Phi) is 6.11. The zero-order valence-corrected chi connectivity index (χ0v) is 17.7. The third-order valence-electron chi connectivity index (χ3n) is 5.10. The summed E-state index contributed by atoms with van der Waals surface area (Å²) < 4.78 is 0. The van der Waals surface area contributed by atoms with Gasteiger partial charge < -0.3 is 15.1 Å². The minimum absolute atomic E-state index is 0.0573. The Bertz CT molecular complexity index is 975. The number of aliphatic imine (C=N–C) groups is 1. The van der Waals surface area contributed by atoms with Gasteiger partial charge in [-0.15, -0.1) is 0 Å². The number of rotatable bonds is 4. The highest BCUT2D eigenvalue weighted by Crippen LogP contribution is 2.25. The fraction of sp³-hybridized carbons (Fsp3) is 0.286. The number of amides is 2. The van der Waals surface area contributed by atoms with Crippen molar-refractivity contribution in [3.8, 4) is 0 Å². The predicted molar refractivity (Wildman–Crippen MR) is 119 cm³/mol. The summed E-state index contributed by atoms with van der Waals surface area (Å²) in [5.74, 6) is -0.0684. The van der Waals surface area contributed by atoms with Gasteiger partial charge in [0, 0.05) is 36.9 Å². The van der Waals surface area contributed by atoms with Gasteiger partial charge in [0.15, 0.2) is 0 Å². The topological polar surface area (TPSA) is 77.0 Å². The van der Waals surface area contributed by atoms with E-state index in [1.54, 1.807) is 18.2 Å². The molecule has 9 heteroatoms. The van der Waals surface area contributed by atoms with Crippen molar-refractivity contribution in [2.45, 2.75) is 12.5 Å². The van der Waals surface area contributed by atoms with Gasteiger partial charge >= 0.3 is 0 Å². The molecule has 0 radical (unpaired) electrons. The highest BCUT2D eigenvalue weighted by Gasteiger charge is 2.32. The zero-order valence-electron chi connectivity index (χ0n) is 16.1. The molecular formula is C21H21Cl2N5O2. The van der Waals surface area contributed by atoms with Crippen molar-refractivity contribution in [2.24, 2.45) is 4.99 Å². The molecule has 156 valence electrons. The number of hydrogen-bond acceptors (Lipinski definition) is 5. The summed E-state index contributed by atoms with van der Waals surface area (Å²) in [7, 11) is 0. The van der Waals surface area contributed by atoms with E-state index in [0.717, 1.165) is 26.2 Å². The van der Waals surface area contributed by atoms with E-state index in [0.29, 0.717) is 21.7 Å². The molecule has 1 fully saturated rings. The average molecular weight is 446 g/mol. The normalized spacial score (nSPS) is 18.8. The summed E-state index contributed by atoms with van der Waals surface area (Å²) in [5.41, 5.74) is 1.63. The van der Waals surface area contributed by atoms with Gasteiger partial charge in [-0.2, -0.15) is 0 Å². The maximum Gasteiger partial charge on any atom is 0.252 e. The summed E-state index contributed by atoms with van der Waals surface area (Å²) in [6.45, 7) is 3.15. The number of hydrogen-bond donors (Lipinski definition) is 2. The van der Waals surface area contributed by atoms with Crippen molar-refractivity contribution >= 4 is 52.4 Å². The number of halogens is 2. The number of carbonyl (C=O) groups is 2. The number of nitrogens with zero attached hydrogens (tertiary/aromatic N) is 3. The molecule has 1 atom stereocenters. The molecule has 0 spiro atoms. The molecule has 2 amide bonds. The van der Waals surface area contributed by atoms with Crippen LogP contribution in [0.25, 0.3) is 0 Å². The van der Waals surface area contributed by atoms with Crippen LogP contribution in [0.5, 0.6) is 0 Å². The smallest absolute Gasteiger partial charge is 0.252 e. The largest absolute Gasteiger partial charge is 0.368 e. The molecule has 4 rings (SSSR count). The fourth-order valence-electron chi connectivity index (χ4n) is 3.51. The van der Waals surface area contributed by atoms with Crippen LogP contribution < -0.4 is 15.5 Å². The Labute approximate surface area is 184 Å². The Morgan fingerprint density at radius 2 is 1.77 bits per heavy atom. The van der Waals surface area contributed by atoms with Gasteiger partial charge in [-0.25, -0.2) is 4.99 Å². The van der Waals surface area contributed by atoms with Crippen molar-refractivity contribution in [2.75, 3.05) is 36.4 Å². The van der Waals surface area contributed by atoms with Gasteiger partial charge in [0.25, 0.3) is 5.91 Å². The van der Waals surface area contributed by atoms with Crippen LogP contribution in [-0.4, -0.2) is 54.9 Å². The Hall–Kier alpha value is -2.77. The number of carbonyl (C=O) groups excluding carboxylic acids is 2. The molecule has 7 nitrogen and oxygen atoms in total. The monoisotopic (exact) mass is 445 g/mol. The summed E-state index contributed by atoms with van der Waals surface area (Å²) in [6.07, 6.45) is -0.0573. The molecule has 2 aliphatic heterocycles. The van der Waals surface area contributed by atoms with Crippen LogP contribution in [0, 0.1) is 0 Å². The second kappa shape index (κ2) is 8.93. The van der Waals surface area contributed by atoms with Crippen LogP contribution in [0.15, 0.2) is 53.5 Å². The summed E-state index contributed by atoms with van der Waals surface area (Å²) >= 11 is 12.0. The lowest BCUT2D eigenvalue weighted by Crippen LogP contribution is -2.52. The minimum Gasteiger partial charge on any atom is -0.368 e. The molecule has 0 aromatic heterocycles. The number of para-hydroxylation sites is 1. The van der Waals surface area contributed by atoms with Gasteiger partial charge in [0.2, 0.25) is 11.9 Å². The van der Waals surface area contributed by atoms with Crippen LogP contribution in [0.3, 0.4) is 0 Å². The van der Waals surface area contributed by atoms with Crippen molar-refractivity contribution in [1.29, 1.82) is 0 Å². The fourth-order valence-corrected chi connectivity index (χ4v) is 3.97. The van der Waals surface area contributed by atoms with Crippen molar-refractivity contribution in [3.63, 3.8) is 0 Å². The van der Waals surface area contributed by atoms with Gasteiger partial charge in [-0.1, -0.05) is 41.4 Å². The number of benzene rings is 2. The molecule has 2 aliphatic rings.